The van der Waals surface area contributed by atoms with Gasteiger partial charge in [0.2, 0.25) is 11.8 Å². The molecule has 0 spiro atoms. The van der Waals surface area contributed by atoms with Crippen LogP contribution in [-0.2, 0) is 14.4 Å². The predicted octanol–water partition coefficient (Wildman–Crippen LogP) is -1.26. The number of piperazine rings is 1. The van der Waals surface area contributed by atoms with Crippen molar-refractivity contribution >= 4 is 17.8 Å². The number of nitrogens with one attached hydrogen (secondary N) is 1. The van der Waals surface area contributed by atoms with E-state index in [1.165, 1.54) is 6.92 Å². The molecule has 0 aliphatic carbocycles. The van der Waals surface area contributed by atoms with E-state index in [-0.39, 0.29) is 24.4 Å². The summed E-state index contributed by atoms with van der Waals surface area (Å²) in [6.45, 7) is 5.36. The molecule has 1 saturated heterocycles. The van der Waals surface area contributed by atoms with Crippen molar-refractivity contribution in [1.82, 2.24) is 15.1 Å². The smallest absolute Gasteiger partial charge is 0.322 e. The first-order chi connectivity index (χ1) is 8.41. The van der Waals surface area contributed by atoms with Crippen molar-refractivity contribution in [2.45, 2.75) is 19.9 Å². The minimum absolute atomic E-state index is 0.0395. The van der Waals surface area contributed by atoms with Gasteiger partial charge in [-0.05, 0) is 6.92 Å². The number of carbonyl (C=O) groups is 3. The van der Waals surface area contributed by atoms with Crippen LogP contribution in [0.1, 0.15) is 13.8 Å². The van der Waals surface area contributed by atoms with Crippen molar-refractivity contribution in [1.29, 1.82) is 0 Å². The monoisotopic (exact) mass is 257 g/mol. The first kappa shape index (κ1) is 14.4. The Balaban J connectivity index is 2.39. The quantitative estimate of drug-likeness (QED) is 0.656. The Hall–Kier alpha value is -1.63. The molecule has 2 N–H and O–H groups in total. The molecule has 0 radical (unpaired) electrons. The van der Waals surface area contributed by atoms with Gasteiger partial charge in [-0.1, -0.05) is 0 Å². The average molecular weight is 257 g/mol. The van der Waals surface area contributed by atoms with Crippen molar-refractivity contribution in [2.75, 3.05) is 32.7 Å². The molecule has 102 valence electrons. The lowest BCUT2D eigenvalue weighted by atomic mass is 10.2. The van der Waals surface area contributed by atoms with Gasteiger partial charge < -0.3 is 15.3 Å². The number of amides is 2. The van der Waals surface area contributed by atoms with E-state index in [0.29, 0.717) is 26.2 Å². The largest absolute Gasteiger partial charge is 0.480 e. The van der Waals surface area contributed by atoms with E-state index < -0.39 is 5.97 Å². The van der Waals surface area contributed by atoms with Crippen LogP contribution in [0, 0.1) is 0 Å². The molecule has 1 rings (SSSR count). The Morgan fingerprint density at radius 2 is 1.78 bits per heavy atom. The number of carboxylic acids is 1. The first-order valence-electron chi connectivity index (χ1n) is 5.91. The molecule has 1 atom stereocenters. The fourth-order valence-corrected chi connectivity index (χ4v) is 1.90. The van der Waals surface area contributed by atoms with Crippen LogP contribution in [0.15, 0.2) is 0 Å². The van der Waals surface area contributed by atoms with Gasteiger partial charge in [0.25, 0.3) is 0 Å². The zero-order chi connectivity index (χ0) is 13.7. The van der Waals surface area contributed by atoms with E-state index in [2.05, 4.69) is 5.32 Å². The summed E-state index contributed by atoms with van der Waals surface area (Å²) in [5, 5.41) is 10.8. The third-order valence-electron chi connectivity index (χ3n) is 3.10. The van der Waals surface area contributed by atoms with Gasteiger partial charge in [0.15, 0.2) is 0 Å². The van der Waals surface area contributed by atoms with Crippen molar-refractivity contribution in [3.05, 3.63) is 0 Å². The lowest BCUT2D eigenvalue weighted by Crippen LogP contribution is -2.55. The van der Waals surface area contributed by atoms with Crippen LogP contribution in [0.4, 0.5) is 0 Å². The molecular formula is C11H19N3O4. The maximum Gasteiger partial charge on any atom is 0.322 e. The highest BCUT2D eigenvalue weighted by Crippen LogP contribution is 2.06. The summed E-state index contributed by atoms with van der Waals surface area (Å²) < 4.78 is 0. The molecule has 1 unspecified atom stereocenters. The summed E-state index contributed by atoms with van der Waals surface area (Å²) in [4.78, 5) is 36.8. The number of hydrogen-bond donors (Lipinski definition) is 2. The summed E-state index contributed by atoms with van der Waals surface area (Å²) in [7, 11) is 0. The second-order valence-electron chi connectivity index (χ2n) is 4.33. The topological polar surface area (TPSA) is 90.0 Å². The summed E-state index contributed by atoms with van der Waals surface area (Å²) >= 11 is 0. The van der Waals surface area contributed by atoms with Crippen LogP contribution in [0.25, 0.3) is 0 Å². The van der Waals surface area contributed by atoms with Gasteiger partial charge in [-0.25, -0.2) is 0 Å². The normalized spacial score (nSPS) is 18.2. The second-order valence-corrected chi connectivity index (χ2v) is 4.33. The molecular weight excluding hydrogens is 238 g/mol. The van der Waals surface area contributed by atoms with E-state index in [9.17, 15) is 14.4 Å². The second kappa shape index (κ2) is 6.34. The third-order valence-corrected chi connectivity index (χ3v) is 3.10. The molecule has 1 fully saturated rings. The molecule has 0 aromatic rings. The van der Waals surface area contributed by atoms with Crippen molar-refractivity contribution in [3.8, 4) is 0 Å². The highest BCUT2D eigenvalue weighted by molar-refractivity contribution is 5.84. The maximum atomic E-state index is 11.7. The molecule has 2 amide bonds. The Kier molecular flexibility index (Phi) is 5.08. The lowest BCUT2D eigenvalue weighted by molar-refractivity contribution is -0.139. The van der Waals surface area contributed by atoms with Crippen molar-refractivity contribution in [3.63, 3.8) is 0 Å². The lowest BCUT2D eigenvalue weighted by Gasteiger charge is -2.36. The fraction of sp³-hybridized carbons (Fsp3) is 0.727. The van der Waals surface area contributed by atoms with Crippen LogP contribution >= 0.6 is 0 Å². The van der Waals surface area contributed by atoms with Crippen molar-refractivity contribution < 1.29 is 19.5 Å². The summed E-state index contributed by atoms with van der Waals surface area (Å²) in [5.41, 5.74) is 0. The van der Waals surface area contributed by atoms with Gasteiger partial charge in [-0.2, -0.15) is 0 Å². The fourth-order valence-electron chi connectivity index (χ4n) is 1.90. The average Bonchev–Trinajstić information content (AvgIpc) is 2.35. The number of carbonyl (C=O) groups excluding carboxylic acids is 2. The standard InChI is InChI=1S/C11H19N3O4/c1-8(11(18)12-7-10(16)17)13-3-5-14(6-4-13)9(2)15/h8H,3-7H2,1-2H3,(H,12,18)(H,16,17). The SMILES string of the molecule is CC(=O)N1CCN(C(C)C(=O)NCC(=O)O)CC1. The van der Waals surface area contributed by atoms with Gasteiger partial charge in [0, 0.05) is 33.1 Å². The van der Waals surface area contributed by atoms with Crippen LogP contribution in [-0.4, -0.2) is 71.5 Å². The molecule has 18 heavy (non-hydrogen) atoms. The number of rotatable bonds is 4. The Morgan fingerprint density at radius 1 is 1.22 bits per heavy atom. The van der Waals surface area contributed by atoms with Gasteiger partial charge >= 0.3 is 5.97 Å². The molecule has 7 nitrogen and oxygen atoms in total. The van der Waals surface area contributed by atoms with E-state index in [0.717, 1.165) is 0 Å². The van der Waals surface area contributed by atoms with Crippen LogP contribution in [0.5, 0.6) is 0 Å². The zero-order valence-corrected chi connectivity index (χ0v) is 10.7. The first-order valence-corrected chi connectivity index (χ1v) is 5.91. The van der Waals surface area contributed by atoms with Gasteiger partial charge in [-0.15, -0.1) is 0 Å². The molecule has 1 aliphatic heterocycles. The Labute approximate surface area is 106 Å². The van der Waals surface area contributed by atoms with E-state index >= 15 is 0 Å². The van der Waals surface area contributed by atoms with Crippen LogP contribution < -0.4 is 5.32 Å². The summed E-state index contributed by atoms with van der Waals surface area (Å²) in [6, 6.07) is -0.376. The highest BCUT2D eigenvalue weighted by Gasteiger charge is 2.26. The molecule has 0 bridgehead atoms. The molecule has 0 saturated carbocycles. The minimum Gasteiger partial charge on any atom is -0.480 e. The molecule has 0 aromatic carbocycles. The number of carboxylic acid groups (broad SMARTS) is 1. The number of hydrogen-bond acceptors (Lipinski definition) is 4. The summed E-state index contributed by atoms with van der Waals surface area (Å²) in [5.74, 6) is -1.32. The van der Waals surface area contributed by atoms with E-state index in [4.69, 9.17) is 5.11 Å². The van der Waals surface area contributed by atoms with Crippen LogP contribution in [0.3, 0.4) is 0 Å². The van der Waals surface area contributed by atoms with E-state index in [1.54, 1.807) is 11.8 Å². The van der Waals surface area contributed by atoms with Gasteiger partial charge in [0.1, 0.15) is 6.54 Å². The van der Waals surface area contributed by atoms with Crippen LogP contribution in [0.2, 0.25) is 0 Å². The van der Waals surface area contributed by atoms with Gasteiger partial charge in [0.05, 0.1) is 6.04 Å². The predicted molar refractivity (Wildman–Crippen MR) is 63.9 cm³/mol. The third kappa shape index (κ3) is 3.99. The minimum atomic E-state index is -1.06. The molecule has 1 aliphatic rings. The van der Waals surface area contributed by atoms with E-state index in [1.807, 2.05) is 4.90 Å². The Bertz CT molecular complexity index is 337. The highest BCUT2D eigenvalue weighted by atomic mass is 16.4. The molecule has 0 aromatic heterocycles. The molecule has 7 heteroatoms. The van der Waals surface area contributed by atoms with Gasteiger partial charge in [-0.3, -0.25) is 19.3 Å². The number of aliphatic carboxylic acids is 1. The Morgan fingerprint density at radius 3 is 2.22 bits per heavy atom. The molecule has 1 heterocycles. The maximum absolute atomic E-state index is 11.7. The zero-order valence-electron chi connectivity index (χ0n) is 10.7. The van der Waals surface area contributed by atoms with Crippen molar-refractivity contribution in [2.24, 2.45) is 0 Å². The summed E-state index contributed by atoms with van der Waals surface area (Å²) in [6.07, 6.45) is 0. The number of nitrogens with zero attached hydrogens (tertiary/aromatic N) is 2.